The Morgan fingerprint density at radius 3 is 2.50 bits per heavy atom. The largest absolute Gasteiger partial charge is 0.349 e. The van der Waals surface area contributed by atoms with Gasteiger partial charge in [-0.3, -0.25) is 9.59 Å². The maximum atomic E-state index is 14.1. The van der Waals surface area contributed by atoms with Crippen molar-refractivity contribution in [3.05, 3.63) is 29.6 Å². The fraction of sp³-hybridized carbons (Fsp3) is 0.556. The lowest BCUT2D eigenvalue weighted by atomic mass is 9.91. The van der Waals surface area contributed by atoms with Crippen LogP contribution < -0.4 is 16.4 Å². The molecule has 2 rings (SSSR count). The first kappa shape index (κ1) is 18.4. The van der Waals surface area contributed by atoms with Crippen molar-refractivity contribution in [2.45, 2.75) is 58.0 Å². The zero-order valence-electron chi connectivity index (χ0n) is 14.3. The van der Waals surface area contributed by atoms with E-state index in [9.17, 15) is 14.0 Å². The van der Waals surface area contributed by atoms with E-state index in [2.05, 4.69) is 10.6 Å². The molecule has 1 saturated carbocycles. The van der Waals surface area contributed by atoms with Crippen molar-refractivity contribution in [1.82, 2.24) is 5.32 Å². The van der Waals surface area contributed by atoms with Crippen LogP contribution in [0.1, 0.15) is 56.3 Å². The lowest BCUT2D eigenvalue weighted by Crippen LogP contribution is -2.40. The molecule has 2 amide bonds. The molecule has 1 fully saturated rings. The molecule has 4 N–H and O–H groups in total. The third kappa shape index (κ3) is 5.30. The minimum atomic E-state index is -0.606. The van der Waals surface area contributed by atoms with Crippen LogP contribution in [0.5, 0.6) is 0 Å². The van der Waals surface area contributed by atoms with Gasteiger partial charge in [0.2, 0.25) is 5.91 Å². The molecular weight excluding hydrogens is 309 g/mol. The maximum absolute atomic E-state index is 14.1. The summed E-state index contributed by atoms with van der Waals surface area (Å²) < 4.78 is 14.1. The molecule has 0 heterocycles. The SMILES string of the molecule is CC(C)CC(=O)Nc1ccc(C(=O)NC2CCC(N)CC2)cc1F. The molecule has 1 aliphatic carbocycles. The van der Waals surface area contributed by atoms with Gasteiger partial charge in [-0.05, 0) is 49.8 Å². The Hall–Kier alpha value is -1.95. The second-order valence-corrected chi connectivity index (χ2v) is 6.93. The fourth-order valence-electron chi connectivity index (χ4n) is 2.86. The summed E-state index contributed by atoms with van der Waals surface area (Å²) in [6.45, 7) is 3.84. The van der Waals surface area contributed by atoms with E-state index in [0.717, 1.165) is 31.7 Å². The summed E-state index contributed by atoms with van der Waals surface area (Å²) in [5.74, 6) is -0.943. The number of anilines is 1. The Balaban J connectivity index is 1.95. The van der Waals surface area contributed by atoms with Crippen LogP contribution in [0.15, 0.2) is 18.2 Å². The van der Waals surface area contributed by atoms with Crippen molar-refractivity contribution in [3.8, 4) is 0 Å². The van der Waals surface area contributed by atoms with Crippen molar-refractivity contribution >= 4 is 17.5 Å². The van der Waals surface area contributed by atoms with E-state index in [1.165, 1.54) is 12.1 Å². The number of amides is 2. The molecule has 0 aromatic heterocycles. The van der Waals surface area contributed by atoms with Gasteiger partial charge < -0.3 is 16.4 Å². The smallest absolute Gasteiger partial charge is 0.251 e. The monoisotopic (exact) mass is 335 g/mol. The van der Waals surface area contributed by atoms with Crippen LogP contribution in [0, 0.1) is 11.7 Å². The van der Waals surface area contributed by atoms with Crippen molar-refractivity contribution in [2.24, 2.45) is 11.7 Å². The molecule has 6 heteroatoms. The van der Waals surface area contributed by atoms with Gasteiger partial charge in [0, 0.05) is 24.1 Å². The maximum Gasteiger partial charge on any atom is 0.251 e. The topological polar surface area (TPSA) is 84.2 Å². The molecule has 5 nitrogen and oxygen atoms in total. The van der Waals surface area contributed by atoms with Gasteiger partial charge in [-0.15, -0.1) is 0 Å². The number of benzene rings is 1. The van der Waals surface area contributed by atoms with Crippen LogP contribution >= 0.6 is 0 Å². The zero-order chi connectivity index (χ0) is 17.7. The highest BCUT2D eigenvalue weighted by Crippen LogP contribution is 2.19. The molecule has 1 aromatic carbocycles. The van der Waals surface area contributed by atoms with E-state index in [0.29, 0.717) is 6.42 Å². The summed E-state index contributed by atoms with van der Waals surface area (Å²) in [5, 5.41) is 5.46. The number of halogens is 1. The Bertz CT molecular complexity index is 596. The van der Waals surface area contributed by atoms with E-state index < -0.39 is 5.82 Å². The lowest BCUT2D eigenvalue weighted by molar-refractivity contribution is -0.116. The molecule has 0 bridgehead atoms. The number of rotatable bonds is 5. The second-order valence-electron chi connectivity index (χ2n) is 6.93. The lowest BCUT2D eigenvalue weighted by Gasteiger charge is -2.26. The summed E-state index contributed by atoms with van der Waals surface area (Å²) in [6.07, 6.45) is 3.79. The van der Waals surface area contributed by atoms with E-state index >= 15 is 0 Å². The first-order valence-corrected chi connectivity index (χ1v) is 8.51. The highest BCUT2D eigenvalue weighted by atomic mass is 19.1. The number of carbonyl (C=O) groups is 2. The number of hydrogen-bond donors (Lipinski definition) is 3. The van der Waals surface area contributed by atoms with Gasteiger partial charge in [0.1, 0.15) is 5.82 Å². The average Bonchev–Trinajstić information content (AvgIpc) is 2.50. The van der Waals surface area contributed by atoms with Crippen molar-refractivity contribution in [2.75, 3.05) is 5.32 Å². The molecule has 1 aromatic rings. The third-order valence-electron chi connectivity index (χ3n) is 4.21. The molecule has 0 spiro atoms. The Kier molecular flexibility index (Phi) is 6.31. The molecule has 24 heavy (non-hydrogen) atoms. The van der Waals surface area contributed by atoms with Gasteiger partial charge in [0.05, 0.1) is 5.69 Å². The highest BCUT2D eigenvalue weighted by Gasteiger charge is 2.21. The minimum Gasteiger partial charge on any atom is -0.349 e. The third-order valence-corrected chi connectivity index (χ3v) is 4.21. The number of hydrogen-bond acceptors (Lipinski definition) is 3. The van der Waals surface area contributed by atoms with E-state index in [-0.39, 0.29) is 41.1 Å². The molecule has 0 saturated heterocycles. The summed E-state index contributed by atoms with van der Waals surface area (Å²) in [4.78, 5) is 23.9. The molecule has 0 atom stereocenters. The predicted molar refractivity (Wildman–Crippen MR) is 92.2 cm³/mol. The minimum absolute atomic E-state index is 0.0887. The molecule has 132 valence electrons. The Morgan fingerprint density at radius 1 is 1.25 bits per heavy atom. The van der Waals surface area contributed by atoms with Gasteiger partial charge in [-0.2, -0.15) is 0 Å². The quantitative estimate of drug-likeness (QED) is 0.773. The Labute approximate surface area is 142 Å². The normalized spacial score (nSPS) is 20.7. The average molecular weight is 335 g/mol. The van der Waals surface area contributed by atoms with Gasteiger partial charge in [0.15, 0.2) is 0 Å². The van der Waals surface area contributed by atoms with Crippen LogP contribution in [-0.4, -0.2) is 23.9 Å². The predicted octanol–water partition coefficient (Wildman–Crippen LogP) is 2.81. The first-order chi connectivity index (χ1) is 11.3. The van der Waals surface area contributed by atoms with Crippen molar-refractivity contribution < 1.29 is 14.0 Å². The summed E-state index contributed by atoms with van der Waals surface area (Å²) in [5.41, 5.74) is 6.20. The summed E-state index contributed by atoms with van der Waals surface area (Å²) in [6, 6.07) is 4.42. The van der Waals surface area contributed by atoms with Crippen LogP contribution in [0.4, 0.5) is 10.1 Å². The van der Waals surface area contributed by atoms with E-state index in [1.54, 1.807) is 0 Å². The van der Waals surface area contributed by atoms with Crippen molar-refractivity contribution in [1.29, 1.82) is 0 Å². The van der Waals surface area contributed by atoms with Gasteiger partial charge in [-0.25, -0.2) is 4.39 Å². The van der Waals surface area contributed by atoms with Crippen LogP contribution in [0.2, 0.25) is 0 Å². The van der Waals surface area contributed by atoms with Gasteiger partial charge in [0.25, 0.3) is 5.91 Å². The Morgan fingerprint density at radius 2 is 1.92 bits per heavy atom. The first-order valence-electron chi connectivity index (χ1n) is 8.51. The van der Waals surface area contributed by atoms with Gasteiger partial charge in [-0.1, -0.05) is 13.8 Å². The molecule has 0 radical (unpaired) electrons. The van der Waals surface area contributed by atoms with Crippen molar-refractivity contribution in [3.63, 3.8) is 0 Å². The molecule has 0 unspecified atom stereocenters. The van der Waals surface area contributed by atoms with E-state index in [4.69, 9.17) is 5.73 Å². The summed E-state index contributed by atoms with van der Waals surface area (Å²) >= 11 is 0. The number of nitrogens with one attached hydrogen (secondary N) is 2. The van der Waals surface area contributed by atoms with Crippen LogP contribution in [0.3, 0.4) is 0 Å². The zero-order valence-corrected chi connectivity index (χ0v) is 14.3. The number of nitrogens with two attached hydrogens (primary N) is 1. The molecule has 0 aliphatic heterocycles. The summed E-state index contributed by atoms with van der Waals surface area (Å²) in [7, 11) is 0. The number of carbonyl (C=O) groups excluding carboxylic acids is 2. The van der Waals surface area contributed by atoms with Gasteiger partial charge >= 0.3 is 0 Å². The standard InChI is InChI=1S/C18H26FN3O2/c1-11(2)9-17(23)22-16-8-3-12(10-15(16)19)18(24)21-14-6-4-13(20)5-7-14/h3,8,10-11,13-14H,4-7,9,20H2,1-2H3,(H,21,24)(H,22,23). The van der Waals surface area contributed by atoms with Crippen LogP contribution in [-0.2, 0) is 4.79 Å². The van der Waals surface area contributed by atoms with E-state index in [1.807, 2.05) is 13.8 Å². The van der Waals surface area contributed by atoms with Crippen LogP contribution in [0.25, 0.3) is 0 Å². The fourth-order valence-corrected chi connectivity index (χ4v) is 2.86. The molecular formula is C18H26FN3O2. The highest BCUT2D eigenvalue weighted by molar-refractivity contribution is 5.96. The molecule has 1 aliphatic rings. The second kappa shape index (κ2) is 8.24.